The molecule has 0 saturated heterocycles. The lowest BCUT2D eigenvalue weighted by Gasteiger charge is -2.23. The van der Waals surface area contributed by atoms with Crippen LogP contribution in [0, 0.1) is 6.92 Å². The van der Waals surface area contributed by atoms with Gasteiger partial charge in [0.2, 0.25) is 0 Å². The molecule has 5 rings (SSSR count). The number of pyridine rings is 1. The van der Waals surface area contributed by atoms with Crippen molar-refractivity contribution in [3.05, 3.63) is 66.0 Å². The van der Waals surface area contributed by atoms with Crippen LogP contribution in [-0.4, -0.2) is 44.0 Å². The van der Waals surface area contributed by atoms with E-state index >= 15 is 0 Å². The minimum Gasteiger partial charge on any atom is -0.465 e. The van der Waals surface area contributed by atoms with E-state index < -0.39 is 6.09 Å². The van der Waals surface area contributed by atoms with Gasteiger partial charge in [-0.15, -0.1) is 0 Å². The second-order valence-corrected chi connectivity index (χ2v) is 7.85. The van der Waals surface area contributed by atoms with Gasteiger partial charge in [-0.3, -0.25) is 4.68 Å². The Kier molecular flexibility index (Phi) is 4.28. The largest absolute Gasteiger partial charge is 0.465 e. The lowest BCUT2D eigenvalue weighted by molar-refractivity contribution is 0.150. The maximum atomic E-state index is 11.1. The van der Waals surface area contributed by atoms with Crippen molar-refractivity contribution in [3.8, 4) is 11.1 Å². The number of nitrogens with zero attached hydrogens (tertiary/aromatic N) is 4. The molecule has 0 radical (unpaired) electrons. The Bertz CT molecular complexity index is 1340. The van der Waals surface area contributed by atoms with Crippen LogP contribution in [0.25, 0.3) is 38.5 Å². The van der Waals surface area contributed by atoms with Gasteiger partial charge in [0.25, 0.3) is 0 Å². The van der Waals surface area contributed by atoms with Crippen molar-refractivity contribution in [3.63, 3.8) is 0 Å². The van der Waals surface area contributed by atoms with Crippen LogP contribution in [0.15, 0.2) is 54.7 Å². The highest BCUT2D eigenvalue weighted by atomic mass is 16.4. The molecule has 4 aromatic rings. The first-order valence-corrected chi connectivity index (χ1v) is 10.0. The summed E-state index contributed by atoms with van der Waals surface area (Å²) in [7, 11) is 1.94. The van der Waals surface area contributed by atoms with E-state index in [1.165, 1.54) is 10.5 Å². The minimum atomic E-state index is -0.871. The molecule has 3 heterocycles. The topological polar surface area (TPSA) is 71.2 Å². The zero-order chi connectivity index (χ0) is 20.8. The van der Waals surface area contributed by atoms with E-state index in [9.17, 15) is 4.79 Å². The number of aromatic nitrogens is 3. The van der Waals surface area contributed by atoms with Gasteiger partial charge in [-0.25, -0.2) is 9.78 Å². The van der Waals surface area contributed by atoms with Crippen molar-refractivity contribution in [1.29, 1.82) is 0 Å². The van der Waals surface area contributed by atoms with E-state index in [2.05, 4.69) is 48.4 Å². The number of carboxylic acid groups (broad SMARTS) is 1. The van der Waals surface area contributed by atoms with Crippen LogP contribution in [0.2, 0.25) is 0 Å². The Morgan fingerprint density at radius 2 is 1.90 bits per heavy atom. The smallest absolute Gasteiger partial charge is 0.407 e. The van der Waals surface area contributed by atoms with Crippen LogP contribution in [0.3, 0.4) is 0 Å². The van der Waals surface area contributed by atoms with E-state index in [-0.39, 0.29) is 0 Å². The van der Waals surface area contributed by atoms with E-state index in [1.54, 1.807) is 0 Å². The highest BCUT2D eigenvalue weighted by Crippen LogP contribution is 2.30. The van der Waals surface area contributed by atoms with Crippen LogP contribution < -0.4 is 0 Å². The molecule has 6 nitrogen and oxygen atoms in total. The van der Waals surface area contributed by atoms with Gasteiger partial charge >= 0.3 is 6.09 Å². The average Bonchev–Trinajstić information content (AvgIpc) is 3.14. The van der Waals surface area contributed by atoms with Gasteiger partial charge < -0.3 is 10.0 Å². The summed E-state index contributed by atoms with van der Waals surface area (Å²) in [6.07, 6.45) is 3.83. The zero-order valence-electron chi connectivity index (χ0n) is 17.0. The molecular weight excluding hydrogens is 376 g/mol. The second kappa shape index (κ2) is 6.99. The molecule has 1 N–H and O–H groups in total. The molecule has 0 aliphatic carbocycles. The Morgan fingerprint density at radius 3 is 2.67 bits per heavy atom. The van der Waals surface area contributed by atoms with Gasteiger partial charge in [-0.2, -0.15) is 5.10 Å². The Morgan fingerprint density at radius 1 is 1.07 bits per heavy atom. The lowest BCUT2D eigenvalue weighted by Crippen LogP contribution is -2.33. The third-order valence-corrected chi connectivity index (χ3v) is 5.74. The van der Waals surface area contributed by atoms with Gasteiger partial charge in [0.05, 0.1) is 16.7 Å². The highest BCUT2D eigenvalue weighted by Gasteiger charge is 2.17. The predicted molar refractivity (Wildman–Crippen MR) is 118 cm³/mol. The Labute approximate surface area is 174 Å². The fraction of sp³-hybridized carbons (Fsp3) is 0.208. The fourth-order valence-corrected chi connectivity index (χ4v) is 4.16. The van der Waals surface area contributed by atoms with E-state index in [0.29, 0.717) is 19.5 Å². The normalized spacial score (nSPS) is 14.3. The maximum Gasteiger partial charge on any atom is 0.407 e. The summed E-state index contributed by atoms with van der Waals surface area (Å²) in [5.41, 5.74) is 7.50. The molecule has 0 saturated carbocycles. The summed E-state index contributed by atoms with van der Waals surface area (Å²) in [4.78, 5) is 17.3. The first-order valence-electron chi connectivity index (χ1n) is 10.0. The summed E-state index contributed by atoms with van der Waals surface area (Å²) in [6.45, 7) is 3.02. The van der Waals surface area contributed by atoms with Gasteiger partial charge in [-0.05, 0) is 65.9 Å². The summed E-state index contributed by atoms with van der Waals surface area (Å²) in [6, 6.07) is 14.8. The van der Waals surface area contributed by atoms with Crippen molar-refractivity contribution in [1.82, 2.24) is 19.7 Å². The number of amides is 1. The molecule has 30 heavy (non-hydrogen) atoms. The second-order valence-electron chi connectivity index (χ2n) is 7.85. The number of rotatable bonds is 2. The van der Waals surface area contributed by atoms with Crippen LogP contribution in [0.5, 0.6) is 0 Å². The van der Waals surface area contributed by atoms with Crippen LogP contribution >= 0.6 is 0 Å². The monoisotopic (exact) mass is 398 g/mol. The molecule has 0 atom stereocenters. The first kappa shape index (κ1) is 18.4. The quantitative estimate of drug-likeness (QED) is 0.523. The average molecular weight is 398 g/mol. The zero-order valence-corrected chi connectivity index (χ0v) is 17.0. The Hall–Kier alpha value is -3.67. The molecule has 0 bridgehead atoms. The maximum absolute atomic E-state index is 11.1. The van der Waals surface area contributed by atoms with E-state index in [1.807, 2.05) is 30.1 Å². The molecule has 0 unspecified atom stereocenters. The third-order valence-electron chi connectivity index (χ3n) is 5.74. The third kappa shape index (κ3) is 3.20. The summed E-state index contributed by atoms with van der Waals surface area (Å²) in [5.74, 6) is 0. The molecular formula is C24H22N4O2. The SMILES string of the molecule is Cc1cc(-c2ccc3nc(C4=CCN(C(=O)O)CC4)ccc3c2)cc2cn(C)nc12. The molecule has 6 heteroatoms. The van der Waals surface area contributed by atoms with Crippen molar-refractivity contribution in [2.45, 2.75) is 13.3 Å². The molecule has 0 fully saturated rings. The molecule has 1 amide bonds. The Balaban J connectivity index is 1.49. The van der Waals surface area contributed by atoms with Crippen LogP contribution in [-0.2, 0) is 7.05 Å². The number of carbonyl (C=O) groups is 1. The highest BCUT2D eigenvalue weighted by molar-refractivity contribution is 5.90. The van der Waals surface area contributed by atoms with E-state index in [0.717, 1.165) is 44.2 Å². The predicted octanol–water partition coefficient (Wildman–Crippen LogP) is 4.86. The standard InChI is InChI=1S/C24H22N4O2/c1-15-11-19(13-20-14-27(2)26-23(15)20)17-3-5-22-18(12-17)4-6-21(25-22)16-7-9-28(10-8-16)24(29)30/h3-7,11-14H,8-10H2,1-2H3,(H,29,30). The van der Waals surface area contributed by atoms with Gasteiger partial charge in [0.1, 0.15) is 0 Å². The molecule has 0 spiro atoms. The molecule has 1 aliphatic rings. The first-order chi connectivity index (χ1) is 14.5. The van der Waals surface area contributed by atoms with Crippen LogP contribution in [0.4, 0.5) is 4.79 Å². The number of aryl methyl sites for hydroxylation is 2. The molecule has 1 aliphatic heterocycles. The van der Waals surface area contributed by atoms with Gasteiger partial charge in [-0.1, -0.05) is 18.2 Å². The lowest BCUT2D eigenvalue weighted by atomic mass is 9.98. The summed E-state index contributed by atoms with van der Waals surface area (Å²) in [5, 5.41) is 15.9. The van der Waals surface area contributed by atoms with Gasteiger partial charge in [0.15, 0.2) is 0 Å². The molecule has 150 valence electrons. The van der Waals surface area contributed by atoms with Gasteiger partial charge in [0, 0.05) is 37.1 Å². The summed E-state index contributed by atoms with van der Waals surface area (Å²) < 4.78 is 1.85. The summed E-state index contributed by atoms with van der Waals surface area (Å²) >= 11 is 0. The number of benzene rings is 2. The number of hydrogen-bond acceptors (Lipinski definition) is 3. The number of fused-ring (bicyclic) bond motifs is 2. The number of hydrogen-bond donors (Lipinski definition) is 1. The molecule has 2 aromatic carbocycles. The van der Waals surface area contributed by atoms with E-state index in [4.69, 9.17) is 10.1 Å². The van der Waals surface area contributed by atoms with Crippen molar-refractivity contribution < 1.29 is 9.90 Å². The van der Waals surface area contributed by atoms with Crippen LogP contribution in [0.1, 0.15) is 17.7 Å². The fourth-order valence-electron chi connectivity index (χ4n) is 4.16. The van der Waals surface area contributed by atoms with Crippen molar-refractivity contribution in [2.24, 2.45) is 7.05 Å². The molecule has 2 aromatic heterocycles. The van der Waals surface area contributed by atoms with Crippen molar-refractivity contribution in [2.75, 3.05) is 13.1 Å². The van der Waals surface area contributed by atoms with Crippen molar-refractivity contribution >= 4 is 33.5 Å². The minimum absolute atomic E-state index is 0.416.